The summed E-state index contributed by atoms with van der Waals surface area (Å²) >= 11 is 3.39. The molecule has 0 aliphatic heterocycles. The largest absolute Gasteiger partial charge is 0.464 e. The highest BCUT2D eigenvalue weighted by atomic mass is 79.9. The molecule has 2 heterocycles. The van der Waals surface area contributed by atoms with Crippen molar-refractivity contribution in [1.29, 1.82) is 0 Å². The van der Waals surface area contributed by atoms with Crippen LogP contribution in [0.2, 0.25) is 0 Å². The molecule has 0 amide bonds. The molecule has 0 N–H and O–H groups in total. The highest BCUT2D eigenvalue weighted by Crippen LogP contribution is 2.22. The molecular formula is C14H19BrN4O3. The van der Waals surface area contributed by atoms with Gasteiger partial charge >= 0.3 is 5.97 Å². The van der Waals surface area contributed by atoms with Crippen LogP contribution in [-0.2, 0) is 18.0 Å². The van der Waals surface area contributed by atoms with E-state index in [0.717, 1.165) is 22.7 Å². The van der Waals surface area contributed by atoms with Gasteiger partial charge in [0.1, 0.15) is 5.76 Å². The summed E-state index contributed by atoms with van der Waals surface area (Å²) in [5.41, 5.74) is 3.11. The van der Waals surface area contributed by atoms with Crippen molar-refractivity contribution in [2.75, 3.05) is 14.2 Å². The van der Waals surface area contributed by atoms with E-state index < -0.39 is 5.97 Å². The van der Waals surface area contributed by atoms with Gasteiger partial charge < -0.3 is 9.26 Å². The van der Waals surface area contributed by atoms with Crippen molar-refractivity contribution < 1.29 is 14.1 Å². The van der Waals surface area contributed by atoms with Crippen LogP contribution in [0.3, 0.4) is 0 Å². The third kappa shape index (κ3) is 3.22. The molecule has 0 aromatic carbocycles. The first-order valence-electron chi connectivity index (χ1n) is 6.76. The van der Waals surface area contributed by atoms with Crippen LogP contribution >= 0.6 is 15.9 Å². The number of hydrogen-bond acceptors (Lipinski definition) is 6. The maximum Gasteiger partial charge on any atom is 0.359 e. The molecule has 0 radical (unpaired) electrons. The van der Waals surface area contributed by atoms with Crippen LogP contribution in [0.15, 0.2) is 9.00 Å². The number of hydrogen-bond donors (Lipinski definition) is 0. The second-order valence-electron chi connectivity index (χ2n) is 5.20. The fourth-order valence-electron chi connectivity index (χ4n) is 2.17. The molecular weight excluding hydrogens is 352 g/mol. The van der Waals surface area contributed by atoms with Crippen LogP contribution in [0, 0.1) is 20.8 Å². The molecule has 0 fully saturated rings. The van der Waals surface area contributed by atoms with Crippen molar-refractivity contribution >= 4 is 21.9 Å². The Morgan fingerprint density at radius 1 is 1.41 bits per heavy atom. The summed E-state index contributed by atoms with van der Waals surface area (Å²) in [5.74, 6) is 0.361. The van der Waals surface area contributed by atoms with Gasteiger partial charge in [-0.3, -0.25) is 9.58 Å². The van der Waals surface area contributed by atoms with Crippen molar-refractivity contribution in [2.24, 2.45) is 0 Å². The van der Waals surface area contributed by atoms with Gasteiger partial charge in [0.15, 0.2) is 5.69 Å². The Morgan fingerprint density at radius 2 is 2.09 bits per heavy atom. The van der Waals surface area contributed by atoms with Gasteiger partial charge in [0, 0.05) is 12.1 Å². The molecule has 8 heteroatoms. The third-order valence-electron chi connectivity index (χ3n) is 3.50. The molecule has 0 aliphatic rings. The van der Waals surface area contributed by atoms with Gasteiger partial charge in [-0.25, -0.2) is 4.79 Å². The summed E-state index contributed by atoms with van der Waals surface area (Å²) in [4.78, 5) is 13.7. The van der Waals surface area contributed by atoms with Gasteiger partial charge in [-0.05, 0) is 43.7 Å². The standard InChI is InChI=1S/C14H19BrN4O3/c1-8-11(10(3)22-17-8)6-18(4)7-19-9(2)12(15)13(16-19)14(20)21-5/h6-7H2,1-5H3. The number of methoxy groups -OCH3 is 1. The maximum absolute atomic E-state index is 11.7. The molecule has 7 nitrogen and oxygen atoms in total. The number of nitrogens with zero attached hydrogens (tertiary/aromatic N) is 4. The number of rotatable bonds is 5. The van der Waals surface area contributed by atoms with Crippen molar-refractivity contribution in [2.45, 2.75) is 34.0 Å². The Morgan fingerprint density at radius 3 is 2.64 bits per heavy atom. The summed E-state index contributed by atoms with van der Waals surface area (Å²) < 4.78 is 12.3. The number of esters is 1. The van der Waals surface area contributed by atoms with Crippen LogP contribution in [0.4, 0.5) is 0 Å². The highest BCUT2D eigenvalue weighted by Gasteiger charge is 2.20. The molecule has 0 unspecified atom stereocenters. The van der Waals surface area contributed by atoms with Crippen LogP contribution < -0.4 is 0 Å². The monoisotopic (exact) mass is 370 g/mol. The van der Waals surface area contributed by atoms with Crippen LogP contribution in [-0.4, -0.2) is 40.0 Å². The summed E-state index contributed by atoms with van der Waals surface area (Å²) in [5, 5.41) is 8.26. The molecule has 2 aromatic rings. The normalized spacial score (nSPS) is 11.2. The fraction of sp³-hybridized carbons (Fsp3) is 0.500. The molecule has 0 spiro atoms. The maximum atomic E-state index is 11.7. The van der Waals surface area contributed by atoms with Gasteiger partial charge in [-0.15, -0.1) is 0 Å². The van der Waals surface area contributed by atoms with E-state index in [0.29, 0.717) is 17.7 Å². The van der Waals surface area contributed by atoms with E-state index in [2.05, 4.69) is 31.1 Å². The van der Waals surface area contributed by atoms with Gasteiger partial charge in [0.25, 0.3) is 0 Å². The first-order valence-corrected chi connectivity index (χ1v) is 7.56. The van der Waals surface area contributed by atoms with E-state index >= 15 is 0 Å². The minimum absolute atomic E-state index is 0.283. The minimum atomic E-state index is -0.456. The number of carbonyl (C=O) groups is 1. The number of ether oxygens (including phenoxy) is 1. The molecule has 0 bridgehead atoms. The summed E-state index contributed by atoms with van der Waals surface area (Å²) in [6.07, 6.45) is 0. The Kier molecular flexibility index (Phi) is 5.02. The molecule has 0 saturated carbocycles. The Hall–Kier alpha value is -1.67. The van der Waals surface area contributed by atoms with Crippen LogP contribution in [0.25, 0.3) is 0 Å². The van der Waals surface area contributed by atoms with E-state index in [-0.39, 0.29) is 5.69 Å². The predicted molar refractivity (Wildman–Crippen MR) is 83.4 cm³/mol. The number of halogens is 1. The molecule has 22 heavy (non-hydrogen) atoms. The lowest BCUT2D eigenvalue weighted by atomic mass is 10.2. The lowest BCUT2D eigenvalue weighted by Gasteiger charge is -2.17. The lowest BCUT2D eigenvalue weighted by molar-refractivity contribution is 0.0591. The quantitative estimate of drug-likeness (QED) is 0.752. The summed E-state index contributed by atoms with van der Waals surface area (Å²) in [6, 6.07) is 0. The third-order valence-corrected chi connectivity index (χ3v) is 4.45. The van der Waals surface area contributed by atoms with Crippen molar-refractivity contribution in [3.63, 3.8) is 0 Å². The van der Waals surface area contributed by atoms with Gasteiger partial charge in [0.2, 0.25) is 0 Å². The zero-order chi connectivity index (χ0) is 16.4. The van der Waals surface area contributed by atoms with E-state index in [1.54, 1.807) is 4.68 Å². The van der Waals surface area contributed by atoms with Crippen molar-refractivity contribution in [3.8, 4) is 0 Å². The average Bonchev–Trinajstić information content (AvgIpc) is 2.94. The second kappa shape index (κ2) is 6.62. The highest BCUT2D eigenvalue weighted by molar-refractivity contribution is 9.10. The Balaban J connectivity index is 2.15. The van der Waals surface area contributed by atoms with Gasteiger partial charge in [0.05, 0.1) is 29.6 Å². The predicted octanol–water partition coefficient (Wildman–Crippen LogP) is 2.43. The molecule has 0 aliphatic carbocycles. The molecule has 0 atom stereocenters. The van der Waals surface area contributed by atoms with E-state index in [9.17, 15) is 4.79 Å². The Labute approximate surface area is 137 Å². The first-order chi connectivity index (χ1) is 10.3. The first kappa shape index (κ1) is 16.7. The molecule has 2 aromatic heterocycles. The second-order valence-corrected chi connectivity index (χ2v) is 5.99. The average molecular weight is 371 g/mol. The van der Waals surface area contributed by atoms with Gasteiger partial charge in [-0.1, -0.05) is 5.16 Å². The summed E-state index contributed by atoms with van der Waals surface area (Å²) in [6.45, 7) is 6.93. The van der Waals surface area contributed by atoms with E-state index in [1.165, 1.54) is 7.11 Å². The Bertz CT molecular complexity index is 673. The van der Waals surface area contributed by atoms with Crippen molar-refractivity contribution in [3.05, 3.63) is 32.9 Å². The molecule has 0 saturated heterocycles. The van der Waals surface area contributed by atoms with E-state index in [4.69, 9.17) is 9.26 Å². The van der Waals surface area contributed by atoms with Crippen LogP contribution in [0.1, 0.15) is 33.2 Å². The van der Waals surface area contributed by atoms with E-state index in [1.807, 2.05) is 27.8 Å². The number of aromatic nitrogens is 3. The lowest BCUT2D eigenvalue weighted by Crippen LogP contribution is -2.23. The number of carbonyl (C=O) groups excluding carboxylic acids is 1. The zero-order valence-corrected chi connectivity index (χ0v) is 14.9. The van der Waals surface area contributed by atoms with Crippen LogP contribution in [0.5, 0.6) is 0 Å². The van der Waals surface area contributed by atoms with Crippen molar-refractivity contribution in [1.82, 2.24) is 19.8 Å². The molecule has 120 valence electrons. The number of aryl methyl sites for hydroxylation is 2. The zero-order valence-electron chi connectivity index (χ0n) is 13.3. The topological polar surface area (TPSA) is 73.4 Å². The van der Waals surface area contributed by atoms with Gasteiger partial charge in [-0.2, -0.15) is 5.10 Å². The fourth-order valence-corrected chi connectivity index (χ4v) is 2.61. The molecule has 2 rings (SSSR count). The minimum Gasteiger partial charge on any atom is -0.464 e. The summed E-state index contributed by atoms with van der Waals surface area (Å²) in [7, 11) is 3.31. The smallest absolute Gasteiger partial charge is 0.359 e. The SMILES string of the molecule is COC(=O)c1nn(CN(C)Cc2c(C)noc2C)c(C)c1Br.